The lowest BCUT2D eigenvalue weighted by molar-refractivity contribution is 0.311. The van der Waals surface area contributed by atoms with Crippen LogP contribution >= 0.6 is 0 Å². The number of aliphatic imine (C=N–C) groups is 1. The lowest BCUT2D eigenvalue weighted by Crippen LogP contribution is -2.38. The minimum Gasteiger partial charge on any atom is -0.494 e. The van der Waals surface area contributed by atoms with Crippen molar-refractivity contribution in [3.63, 3.8) is 0 Å². The Bertz CT molecular complexity index is 686. The molecule has 27 heavy (non-hydrogen) atoms. The fraction of sp³-hybridized carbons (Fsp3) is 0.409. The van der Waals surface area contributed by atoms with E-state index in [0.29, 0.717) is 13.2 Å². The van der Waals surface area contributed by atoms with Gasteiger partial charge in [0.15, 0.2) is 5.96 Å². The van der Waals surface area contributed by atoms with Gasteiger partial charge in [-0.15, -0.1) is 0 Å². The topological polar surface area (TPSA) is 48.9 Å². The molecule has 0 aliphatic carbocycles. The lowest BCUT2D eigenvalue weighted by Gasteiger charge is -2.14. The molecule has 0 amide bonds. The molecule has 0 aromatic heterocycles. The van der Waals surface area contributed by atoms with Gasteiger partial charge in [0, 0.05) is 19.6 Å². The van der Waals surface area contributed by atoms with Crippen LogP contribution in [-0.2, 0) is 13.1 Å². The van der Waals surface area contributed by atoms with Crippen molar-refractivity contribution in [1.29, 1.82) is 0 Å². The molecular weight excluding hydrogens is 336 g/mol. The molecule has 0 atom stereocenters. The molecule has 0 radical (unpaired) electrons. The fourth-order valence-corrected chi connectivity index (χ4v) is 2.70. The van der Waals surface area contributed by atoms with Gasteiger partial charge in [0.1, 0.15) is 5.75 Å². The highest BCUT2D eigenvalue weighted by Gasteiger charge is 2.03. The second kappa shape index (κ2) is 12.0. The standard InChI is InChI=1S/C22H32N4O/c1-4-23-22(24-15-10-16-27-21-13-6-5-7-14-21)25-17-19-11-8-9-12-20(19)18-26(2)3/h5-9,11-14H,4,10,15-18H2,1-3H3,(H2,23,24,25). The minimum absolute atomic E-state index is 0.667. The van der Waals surface area contributed by atoms with E-state index in [4.69, 9.17) is 9.73 Å². The second-order valence-corrected chi connectivity index (χ2v) is 6.64. The molecule has 2 aromatic carbocycles. The van der Waals surface area contributed by atoms with E-state index in [-0.39, 0.29) is 0 Å². The first kappa shape index (κ1) is 20.8. The van der Waals surface area contributed by atoms with Crippen LogP contribution in [-0.4, -0.2) is 44.7 Å². The maximum Gasteiger partial charge on any atom is 0.191 e. The van der Waals surface area contributed by atoms with Crippen LogP contribution in [0.1, 0.15) is 24.5 Å². The summed E-state index contributed by atoms with van der Waals surface area (Å²) in [6.45, 7) is 6.01. The maximum atomic E-state index is 5.72. The third-order valence-corrected chi connectivity index (χ3v) is 3.98. The summed E-state index contributed by atoms with van der Waals surface area (Å²) in [5, 5.41) is 6.70. The first-order valence-corrected chi connectivity index (χ1v) is 9.60. The molecule has 0 saturated heterocycles. The van der Waals surface area contributed by atoms with Crippen LogP contribution < -0.4 is 15.4 Å². The van der Waals surface area contributed by atoms with Crippen molar-refractivity contribution in [3.8, 4) is 5.75 Å². The molecular formula is C22H32N4O. The number of rotatable bonds is 10. The maximum absolute atomic E-state index is 5.72. The van der Waals surface area contributed by atoms with Gasteiger partial charge in [-0.1, -0.05) is 42.5 Å². The van der Waals surface area contributed by atoms with Crippen LogP contribution in [0.25, 0.3) is 0 Å². The van der Waals surface area contributed by atoms with Crippen LogP contribution in [0.5, 0.6) is 5.75 Å². The highest BCUT2D eigenvalue weighted by Crippen LogP contribution is 2.12. The van der Waals surface area contributed by atoms with Crippen molar-refractivity contribution >= 4 is 5.96 Å². The zero-order chi connectivity index (χ0) is 19.3. The van der Waals surface area contributed by atoms with Crippen LogP contribution in [0, 0.1) is 0 Å². The summed E-state index contributed by atoms with van der Waals surface area (Å²) >= 11 is 0. The predicted octanol–water partition coefficient (Wildman–Crippen LogP) is 3.27. The van der Waals surface area contributed by atoms with Gasteiger partial charge in [-0.05, 0) is 50.7 Å². The van der Waals surface area contributed by atoms with Gasteiger partial charge in [-0.2, -0.15) is 0 Å². The van der Waals surface area contributed by atoms with E-state index in [2.05, 4.69) is 60.8 Å². The van der Waals surface area contributed by atoms with Crippen LogP contribution in [0.4, 0.5) is 0 Å². The zero-order valence-electron chi connectivity index (χ0n) is 16.7. The van der Waals surface area contributed by atoms with E-state index in [9.17, 15) is 0 Å². The van der Waals surface area contributed by atoms with Crippen LogP contribution in [0.15, 0.2) is 59.6 Å². The average molecular weight is 369 g/mol. The van der Waals surface area contributed by atoms with Crippen molar-refractivity contribution < 1.29 is 4.74 Å². The number of guanidine groups is 1. The van der Waals surface area contributed by atoms with Crippen molar-refractivity contribution in [2.45, 2.75) is 26.4 Å². The molecule has 0 saturated carbocycles. The smallest absolute Gasteiger partial charge is 0.191 e. The Balaban J connectivity index is 1.82. The number of hydrogen-bond acceptors (Lipinski definition) is 3. The first-order chi connectivity index (χ1) is 13.2. The van der Waals surface area contributed by atoms with Crippen molar-refractivity contribution in [2.24, 2.45) is 4.99 Å². The summed E-state index contributed by atoms with van der Waals surface area (Å²) in [6, 6.07) is 18.4. The van der Waals surface area contributed by atoms with E-state index in [1.165, 1.54) is 11.1 Å². The average Bonchev–Trinajstić information content (AvgIpc) is 2.67. The van der Waals surface area contributed by atoms with Gasteiger partial charge >= 0.3 is 0 Å². The number of para-hydroxylation sites is 1. The van der Waals surface area contributed by atoms with E-state index >= 15 is 0 Å². The highest BCUT2D eigenvalue weighted by atomic mass is 16.5. The minimum atomic E-state index is 0.667. The van der Waals surface area contributed by atoms with E-state index < -0.39 is 0 Å². The Kier molecular flexibility index (Phi) is 9.21. The Hall–Kier alpha value is -2.53. The van der Waals surface area contributed by atoms with Gasteiger partial charge in [0.25, 0.3) is 0 Å². The molecule has 146 valence electrons. The summed E-state index contributed by atoms with van der Waals surface area (Å²) in [5.74, 6) is 1.76. The molecule has 0 aliphatic rings. The summed E-state index contributed by atoms with van der Waals surface area (Å²) in [7, 11) is 4.17. The number of hydrogen-bond donors (Lipinski definition) is 2. The Morgan fingerprint density at radius 3 is 2.37 bits per heavy atom. The van der Waals surface area contributed by atoms with Gasteiger partial charge in [0.05, 0.1) is 13.2 Å². The Morgan fingerprint density at radius 1 is 0.963 bits per heavy atom. The monoisotopic (exact) mass is 368 g/mol. The summed E-state index contributed by atoms with van der Waals surface area (Å²) in [4.78, 5) is 6.92. The third kappa shape index (κ3) is 8.13. The SMILES string of the molecule is CCNC(=NCc1ccccc1CN(C)C)NCCCOc1ccccc1. The number of ether oxygens (including phenoxy) is 1. The molecule has 2 rings (SSSR count). The lowest BCUT2D eigenvalue weighted by atomic mass is 10.1. The van der Waals surface area contributed by atoms with E-state index in [1.54, 1.807) is 0 Å². The fourth-order valence-electron chi connectivity index (χ4n) is 2.70. The number of nitrogens with zero attached hydrogens (tertiary/aromatic N) is 2. The quantitative estimate of drug-likeness (QED) is 0.384. The highest BCUT2D eigenvalue weighted by molar-refractivity contribution is 5.79. The van der Waals surface area contributed by atoms with Crippen LogP contribution in [0.3, 0.4) is 0 Å². The molecule has 0 heterocycles. The van der Waals surface area contributed by atoms with Crippen molar-refractivity contribution in [1.82, 2.24) is 15.5 Å². The molecule has 2 aromatic rings. The molecule has 0 spiro atoms. The zero-order valence-corrected chi connectivity index (χ0v) is 16.7. The Labute approximate surface area is 163 Å². The first-order valence-electron chi connectivity index (χ1n) is 9.60. The van der Waals surface area contributed by atoms with E-state index in [1.807, 2.05) is 30.3 Å². The largest absolute Gasteiger partial charge is 0.494 e. The van der Waals surface area contributed by atoms with Gasteiger partial charge in [0.2, 0.25) is 0 Å². The number of nitrogens with one attached hydrogen (secondary N) is 2. The molecule has 0 unspecified atom stereocenters. The Morgan fingerprint density at radius 2 is 1.67 bits per heavy atom. The van der Waals surface area contributed by atoms with Gasteiger partial charge < -0.3 is 20.3 Å². The molecule has 5 nitrogen and oxygen atoms in total. The van der Waals surface area contributed by atoms with Crippen LogP contribution in [0.2, 0.25) is 0 Å². The molecule has 2 N–H and O–H groups in total. The van der Waals surface area contributed by atoms with Gasteiger partial charge in [-0.25, -0.2) is 4.99 Å². The van der Waals surface area contributed by atoms with Crippen molar-refractivity contribution in [3.05, 3.63) is 65.7 Å². The molecule has 0 bridgehead atoms. The second-order valence-electron chi connectivity index (χ2n) is 6.64. The molecule has 5 heteroatoms. The summed E-state index contributed by atoms with van der Waals surface area (Å²) in [6.07, 6.45) is 0.913. The summed E-state index contributed by atoms with van der Waals surface area (Å²) < 4.78 is 5.72. The summed E-state index contributed by atoms with van der Waals surface area (Å²) in [5.41, 5.74) is 2.58. The molecule has 0 fully saturated rings. The third-order valence-electron chi connectivity index (χ3n) is 3.98. The predicted molar refractivity (Wildman–Crippen MR) is 113 cm³/mol. The van der Waals surface area contributed by atoms with E-state index in [0.717, 1.165) is 37.8 Å². The van der Waals surface area contributed by atoms with Crippen molar-refractivity contribution in [2.75, 3.05) is 33.8 Å². The normalized spacial score (nSPS) is 11.5. The van der Waals surface area contributed by atoms with Gasteiger partial charge in [-0.3, -0.25) is 0 Å². The molecule has 0 aliphatic heterocycles. The number of benzene rings is 2.